The Bertz CT molecular complexity index is 513. The van der Waals surface area contributed by atoms with Crippen molar-refractivity contribution in [2.45, 2.75) is 26.3 Å². The van der Waals surface area contributed by atoms with Gasteiger partial charge in [0.15, 0.2) is 5.96 Å². The van der Waals surface area contributed by atoms with Crippen molar-refractivity contribution in [2.24, 2.45) is 10.7 Å². The minimum absolute atomic E-state index is 0.152. The quantitative estimate of drug-likeness (QED) is 0.855. The molecule has 0 spiro atoms. The van der Waals surface area contributed by atoms with Crippen molar-refractivity contribution >= 4 is 21.9 Å². The van der Waals surface area contributed by atoms with E-state index in [2.05, 4.69) is 69.7 Å². The molecule has 4 nitrogen and oxygen atoms in total. The van der Waals surface area contributed by atoms with Gasteiger partial charge in [-0.2, -0.15) is 0 Å². The molecule has 2 rings (SSSR count). The summed E-state index contributed by atoms with van der Waals surface area (Å²) in [6.45, 7) is 11.4. The van der Waals surface area contributed by atoms with E-state index in [0.717, 1.165) is 30.7 Å². The zero-order valence-corrected chi connectivity index (χ0v) is 14.7. The highest BCUT2D eigenvalue weighted by atomic mass is 79.9. The van der Waals surface area contributed by atoms with Crippen molar-refractivity contribution in [1.82, 2.24) is 9.80 Å². The van der Waals surface area contributed by atoms with Gasteiger partial charge in [-0.1, -0.05) is 41.9 Å². The lowest BCUT2D eigenvalue weighted by Gasteiger charge is -2.38. The number of rotatable bonds is 6. The third-order valence-electron chi connectivity index (χ3n) is 4.40. The van der Waals surface area contributed by atoms with Crippen LogP contribution in [0.25, 0.3) is 0 Å². The molecule has 1 aromatic carbocycles. The van der Waals surface area contributed by atoms with Crippen molar-refractivity contribution in [2.75, 3.05) is 32.7 Å². The molecule has 1 aliphatic rings. The summed E-state index contributed by atoms with van der Waals surface area (Å²) in [4.78, 5) is 9.15. The summed E-state index contributed by atoms with van der Waals surface area (Å²) in [6, 6.07) is 8.44. The fraction of sp³-hybridized carbons (Fsp3) is 0.562. The molecule has 0 saturated heterocycles. The second-order valence-corrected chi connectivity index (χ2v) is 6.55. The lowest BCUT2D eigenvalue weighted by atomic mass is 9.91. The molecule has 0 radical (unpaired) electrons. The molecular weight excluding hydrogens is 328 g/mol. The Balaban J connectivity index is 2.18. The summed E-state index contributed by atoms with van der Waals surface area (Å²) in [7, 11) is 0. The highest BCUT2D eigenvalue weighted by molar-refractivity contribution is 9.10. The fourth-order valence-electron chi connectivity index (χ4n) is 2.87. The lowest BCUT2D eigenvalue weighted by molar-refractivity contribution is 0.188. The Labute approximate surface area is 136 Å². The Hall–Kier alpha value is -1.07. The number of halogens is 1. The lowest BCUT2D eigenvalue weighted by Crippen LogP contribution is -2.50. The third kappa shape index (κ3) is 3.40. The Morgan fingerprint density at radius 2 is 2.10 bits per heavy atom. The highest BCUT2D eigenvalue weighted by Gasteiger charge is 2.39. The maximum Gasteiger partial charge on any atom is 0.192 e. The summed E-state index contributed by atoms with van der Waals surface area (Å²) in [6.07, 6.45) is 0. The highest BCUT2D eigenvalue weighted by Crippen LogP contribution is 2.33. The molecule has 0 bridgehead atoms. The molecule has 2 N–H and O–H groups in total. The average Bonchev–Trinajstić information content (AvgIpc) is 2.77. The summed E-state index contributed by atoms with van der Waals surface area (Å²) in [5, 5.41) is 0. The van der Waals surface area contributed by atoms with Crippen molar-refractivity contribution in [3.63, 3.8) is 0 Å². The summed E-state index contributed by atoms with van der Waals surface area (Å²) in [5.74, 6) is 0.657. The van der Waals surface area contributed by atoms with E-state index < -0.39 is 0 Å². The van der Waals surface area contributed by atoms with Crippen LogP contribution in [-0.2, 0) is 5.54 Å². The Morgan fingerprint density at radius 1 is 1.38 bits per heavy atom. The van der Waals surface area contributed by atoms with Gasteiger partial charge in [-0.25, -0.2) is 0 Å². The maximum absolute atomic E-state index is 6.14. The standard InChI is InChI=1S/C16H25BrN4/c1-4-20(5-2)9-10-21-15(18)19-12-16(21,3)13-7-6-8-14(17)11-13/h6-8,11H,4-5,9-10,12H2,1-3H3,(H2,18,19). The van der Waals surface area contributed by atoms with Crippen LogP contribution < -0.4 is 5.73 Å². The van der Waals surface area contributed by atoms with Gasteiger partial charge < -0.3 is 15.5 Å². The largest absolute Gasteiger partial charge is 0.370 e. The van der Waals surface area contributed by atoms with Crippen LogP contribution in [0.15, 0.2) is 33.7 Å². The van der Waals surface area contributed by atoms with Crippen molar-refractivity contribution in [1.29, 1.82) is 0 Å². The molecule has 0 aliphatic carbocycles. The molecule has 1 heterocycles. The van der Waals surface area contributed by atoms with Crippen molar-refractivity contribution < 1.29 is 0 Å². The van der Waals surface area contributed by atoms with Crippen molar-refractivity contribution in [3.8, 4) is 0 Å². The minimum Gasteiger partial charge on any atom is -0.370 e. The van der Waals surface area contributed by atoms with Gasteiger partial charge in [0.25, 0.3) is 0 Å². The number of hydrogen-bond acceptors (Lipinski definition) is 4. The summed E-state index contributed by atoms with van der Waals surface area (Å²) in [5.41, 5.74) is 7.24. The van der Waals surface area contributed by atoms with Crippen LogP contribution in [0.3, 0.4) is 0 Å². The van der Waals surface area contributed by atoms with Crippen LogP contribution in [0, 0.1) is 0 Å². The van der Waals surface area contributed by atoms with E-state index >= 15 is 0 Å². The maximum atomic E-state index is 6.14. The molecule has 0 saturated carbocycles. The zero-order valence-electron chi connectivity index (χ0n) is 13.1. The van der Waals surface area contributed by atoms with E-state index in [-0.39, 0.29) is 5.54 Å². The SMILES string of the molecule is CCN(CC)CCN1C(N)=NCC1(C)c1cccc(Br)c1. The number of hydrogen-bond donors (Lipinski definition) is 1. The van der Waals surface area contributed by atoms with Crippen LogP contribution in [0.5, 0.6) is 0 Å². The van der Waals surface area contributed by atoms with Gasteiger partial charge in [0.2, 0.25) is 0 Å². The number of nitrogens with two attached hydrogens (primary N) is 1. The number of benzene rings is 1. The molecular formula is C16H25BrN4. The van der Waals surface area contributed by atoms with Crippen LogP contribution in [0.4, 0.5) is 0 Å². The van der Waals surface area contributed by atoms with Gasteiger partial charge in [-0.3, -0.25) is 4.99 Å². The second kappa shape index (κ2) is 6.79. The monoisotopic (exact) mass is 352 g/mol. The van der Waals surface area contributed by atoms with E-state index in [1.54, 1.807) is 0 Å². The molecule has 1 unspecified atom stereocenters. The summed E-state index contributed by atoms with van der Waals surface area (Å²) >= 11 is 3.56. The molecule has 0 amide bonds. The van der Waals surface area contributed by atoms with E-state index in [9.17, 15) is 0 Å². The van der Waals surface area contributed by atoms with Crippen LogP contribution in [0.2, 0.25) is 0 Å². The number of guanidine groups is 1. The van der Waals surface area contributed by atoms with Gasteiger partial charge in [0.05, 0.1) is 12.1 Å². The normalized spacial score (nSPS) is 22.0. The first kappa shape index (κ1) is 16.3. The van der Waals surface area contributed by atoms with Crippen LogP contribution in [0.1, 0.15) is 26.3 Å². The number of aliphatic imine (C=N–C) groups is 1. The first-order valence-electron chi connectivity index (χ1n) is 7.57. The second-order valence-electron chi connectivity index (χ2n) is 5.64. The molecule has 1 aromatic rings. The molecule has 5 heteroatoms. The predicted octanol–water partition coefficient (Wildman–Crippen LogP) is 2.64. The van der Waals surface area contributed by atoms with Gasteiger partial charge >= 0.3 is 0 Å². The average molecular weight is 353 g/mol. The first-order valence-corrected chi connectivity index (χ1v) is 8.36. The molecule has 0 fully saturated rings. The fourth-order valence-corrected chi connectivity index (χ4v) is 3.27. The van der Waals surface area contributed by atoms with E-state index in [0.29, 0.717) is 12.5 Å². The number of likely N-dealkylation sites (N-methyl/N-ethyl adjacent to an activating group) is 1. The molecule has 1 atom stereocenters. The van der Waals surface area contributed by atoms with Gasteiger partial charge in [-0.05, 0) is 37.7 Å². The Kier molecular flexibility index (Phi) is 5.27. The first-order chi connectivity index (χ1) is 10.0. The minimum atomic E-state index is -0.152. The molecule has 21 heavy (non-hydrogen) atoms. The molecule has 1 aliphatic heterocycles. The van der Waals surface area contributed by atoms with E-state index in [1.165, 1.54) is 5.56 Å². The smallest absolute Gasteiger partial charge is 0.192 e. The van der Waals surface area contributed by atoms with E-state index in [4.69, 9.17) is 5.73 Å². The molecule has 0 aromatic heterocycles. The van der Waals surface area contributed by atoms with Crippen LogP contribution in [-0.4, -0.2) is 48.5 Å². The van der Waals surface area contributed by atoms with Gasteiger partial charge in [0, 0.05) is 17.6 Å². The molecule has 116 valence electrons. The van der Waals surface area contributed by atoms with Crippen molar-refractivity contribution in [3.05, 3.63) is 34.3 Å². The van der Waals surface area contributed by atoms with Gasteiger partial charge in [0.1, 0.15) is 0 Å². The van der Waals surface area contributed by atoms with Crippen LogP contribution >= 0.6 is 15.9 Å². The van der Waals surface area contributed by atoms with Gasteiger partial charge in [-0.15, -0.1) is 0 Å². The summed E-state index contributed by atoms with van der Waals surface area (Å²) < 4.78 is 1.09. The zero-order chi connectivity index (χ0) is 15.5. The predicted molar refractivity (Wildman–Crippen MR) is 92.5 cm³/mol. The number of nitrogens with zero attached hydrogens (tertiary/aromatic N) is 3. The topological polar surface area (TPSA) is 44.9 Å². The van der Waals surface area contributed by atoms with E-state index in [1.807, 2.05) is 6.07 Å². The Morgan fingerprint density at radius 3 is 2.71 bits per heavy atom. The third-order valence-corrected chi connectivity index (χ3v) is 4.90.